The van der Waals surface area contributed by atoms with Crippen molar-refractivity contribution in [1.82, 2.24) is 5.32 Å². The van der Waals surface area contributed by atoms with Crippen molar-refractivity contribution in [2.45, 2.75) is 83.8 Å². The third-order valence-electron chi connectivity index (χ3n) is 5.39. The SMILES string of the molecule is CCCNC(C1CCCC(CC)C1)C1(C)CCCO1. The van der Waals surface area contributed by atoms with Gasteiger partial charge in [-0.3, -0.25) is 0 Å². The topological polar surface area (TPSA) is 21.3 Å². The molecule has 0 bridgehead atoms. The second kappa shape index (κ2) is 7.08. The molecule has 2 rings (SSSR count). The number of hydrogen-bond acceptors (Lipinski definition) is 2. The van der Waals surface area contributed by atoms with Crippen LogP contribution < -0.4 is 5.32 Å². The van der Waals surface area contributed by atoms with Gasteiger partial charge in [-0.25, -0.2) is 0 Å². The van der Waals surface area contributed by atoms with Crippen LogP contribution in [0.15, 0.2) is 0 Å². The molecule has 4 atom stereocenters. The minimum absolute atomic E-state index is 0.0927. The summed E-state index contributed by atoms with van der Waals surface area (Å²) in [7, 11) is 0. The molecule has 2 heteroatoms. The Bertz CT molecular complexity index is 260. The van der Waals surface area contributed by atoms with E-state index >= 15 is 0 Å². The van der Waals surface area contributed by atoms with Crippen molar-refractivity contribution in [3.05, 3.63) is 0 Å². The van der Waals surface area contributed by atoms with Crippen LogP contribution in [-0.4, -0.2) is 24.8 Å². The van der Waals surface area contributed by atoms with E-state index in [4.69, 9.17) is 4.74 Å². The van der Waals surface area contributed by atoms with Crippen LogP contribution in [-0.2, 0) is 4.74 Å². The summed E-state index contributed by atoms with van der Waals surface area (Å²) in [6.07, 6.45) is 10.7. The van der Waals surface area contributed by atoms with Gasteiger partial charge in [0.1, 0.15) is 0 Å². The fraction of sp³-hybridized carbons (Fsp3) is 1.00. The lowest BCUT2D eigenvalue weighted by molar-refractivity contribution is -0.0370. The first-order chi connectivity index (χ1) is 9.19. The molecule has 0 spiro atoms. The molecule has 0 aromatic heterocycles. The van der Waals surface area contributed by atoms with Gasteiger partial charge in [-0.1, -0.05) is 33.1 Å². The molecule has 2 aliphatic rings. The zero-order chi connectivity index (χ0) is 13.7. The summed E-state index contributed by atoms with van der Waals surface area (Å²) in [6.45, 7) is 9.07. The Labute approximate surface area is 119 Å². The van der Waals surface area contributed by atoms with Crippen LogP contribution in [0.25, 0.3) is 0 Å². The second-order valence-corrected chi connectivity index (χ2v) is 6.90. The molecule has 2 nitrogen and oxygen atoms in total. The zero-order valence-electron chi connectivity index (χ0n) is 13.2. The van der Waals surface area contributed by atoms with E-state index in [1.165, 1.54) is 51.4 Å². The Kier molecular flexibility index (Phi) is 5.70. The first-order valence-corrected chi connectivity index (χ1v) is 8.57. The highest BCUT2D eigenvalue weighted by atomic mass is 16.5. The van der Waals surface area contributed by atoms with Crippen molar-refractivity contribution < 1.29 is 4.74 Å². The summed E-state index contributed by atoms with van der Waals surface area (Å²) in [5.74, 6) is 1.78. The summed E-state index contributed by atoms with van der Waals surface area (Å²) in [5.41, 5.74) is 0.0927. The molecular formula is C17H33NO. The maximum Gasteiger partial charge on any atom is 0.0810 e. The molecule has 1 aliphatic heterocycles. The Morgan fingerprint density at radius 3 is 2.74 bits per heavy atom. The van der Waals surface area contributed by atoms with Gasteiger partial charge in [0.05, 0.1) is 5.60 Å². The van der Waals surface area contributed by atoms with Crippen LogP contribution >= 0.6 is 0 Å². The summed E-state index contributed by atoms with van der Waals surface area (Å²) in [4.78, 5) is 0. The molecule has 112 valence electrons. The molecule has 1 N–H and O–H groups in total. The zero-order valence-corrected chi connectivity index (χ0v) is 13.2. The molecule has 0 aromatic carbocycles. The van der Waals surface area contributed by atoms with E-state index in [9.17, 15) is 0 Å². The summed E-state index contributed by atoms with van der Waals surface area (Å²) < 4.78 is 6.16. The van der Waals surface area contributed by atoms with Gasteiger partial charge in [0.2, 0.25) is 0 Å². The molecular weight excluding hydrogens is 234 g/mol. The van der Waals surface area contributed by atoms with Crippen LogP contribution in [0.5, 0.6) is 0 Å². The standard InChI is InChI=1S/C17H33NO/c1-4-11-18-16(17(3)10-7-12-19-17)15-9-6-8-14(5-2)13-15/h14-16,18H,4-13H2,1-3H3. The van der Waals surface area contributed by atoms with Crippen LogP contribution in [0.2, 0.25) is 0 Å². The summed E-state index contributed by atoms with van der Waals surface area (Å²) >= 11 is 0. The first-order valence-electron chi connectivity index (χ1n) is 8.57. The fourth-order valence-electron chi connectivity index (χ4n) is 4.23. The van der Waals surface area contributed by atoms with E-state index < -0.39 is 0 Å². The van der Waals surface area contributed by atoms with Crippen LogP contribution in [0.1, 0.15) is 72.1 Å². The molecule has 0 aromatic rings. The molecule has 1 saturated heterocycles. The van der Waals surface area contributed by atoms with Gasteiger partial charge in [-0.05, 0) is 57.4 Å². The van der Waals surface area contributed by atoms with E-state index in [0.717, 1.165) is 25.0 Å². The predicted octanol–water partition coefficient (Wildman–Crippen LogP) is 4.14. The van der Waals surface area contributed by atoms with Crippen molar-refractivity contribution >= 4 is 0 Å². The van der Waals surface area contributed by atoms with Crippen molar-refractivity contribution in [1.29, 1.82) is 0 Å². The van der Waals surface area contributed by atoms with Crippen LogP contribution in [0, 0.1) is 11.8 Å². The number of ether oxygens (including phenoxy) is 1. The van der Waals surface area contributed by atoms with Gasteiger partial charge in [-0.2, -0.15) is 0 Å². The molecule has 0 amide bonds. The fourth-order valence-corrected chi connectivity index (χ4v) is 4.23. The van der Waals surface area contributed by atoms with Gasteiger partial charge in [0.25, 0.3) is 0 Å². The minimum atomic E-state index is 0.0927. The number of nitrogens with one attached hydrogen (secondary N) is 1. The van der Waals surface area contributed by atoms with Crippen LogP contribution in [0.4, 0.5) is 0 Å². The molecule has 2 fully saturated rings. The maximum atomic E-state index is 6.16. The number of rotatable bonds is 6. The number of hydrogen-bond donors (Lipinski definition) is 1. The van der Waals surface area contributed by atoms with Crippen molar-refractivity contribution in [3.63, 3.8) is 0 Å². The minimum Gasteiger partial charge on any atom is -0.374 e. The van der Waals surface area contributed by atoms with E-state index in [-0.39, 0.29) is 5.60 Å². The molecule has 4 unspecified atom stereocenters. The van der Waals surface area contributed by atoms with E-state index in [2.05, 4.69) is 26.1 Å². The molecule has 1 aliphatic carbocycles. The van der Waals surface area contributed by atoms with E-state index in [0.29, 0.717) is 6.04 Å². The highest BCUT2D eigenvalue weighted by molar-refractivity contribution is 4.97. The van der Waals surface area contributed by atoms with Crippen molar-refractivity contribution in [2.75, 3.05) is 13.2 Å². The Morgan fingerprint density at radius 1 is 1.26 bits per heavy atom. The van der Waals surface area contributed by atoms with Crippen LogP contribution in [0.3, 0.4) is 0 Å². The summed E-state index contributed by atoms with van der Waals surface area (Å²) in [6, 6.07) is 0.573. The van der Waals surface area contributed by atoms with Crippen molar-refractivity contribution in [3.8, 4) is 0 Å². The highest BCUT2D eigenvalue weighted by Gasteiger charge is 2.43. The Balaban J connectivity index is 2.03. The van der Waals surface area contributed by atoms with E-state index in [1.54, 1.807) is 0 Å². The summed E-state index contributed by atoms with van der Waals surface area (Å²) in [5, 5.41) is 3.84. The van der Waals surface area contributed by atoms with Gasteiger partial charge < -0.3 is 10.1 Å². The average Bonchev–Trinajstić information content (AvgIpc) is 2.87. The van der Waals surface area contributed by atoms with Gasteiger partial charge >= 0.3 is 0 Å². The van der Waals surface area contributed by atoms with Gasteiger partial charge in [-0.15, -0.1) is 0 Å². The quantitative estimate of drug-likeness (QED) is 0.781. The molecule has 1 saturated carbocycles. The lowest BCUT2D eigenvalue weighted by atomic mass is 9.72. The molecule has 19 heavy (non-hydrogen) atoms. The monoisotopic (exact) mass is 267 g/mol. The van der Waals surface area contributed by atoms with Gasteiger partial charge in [0, 0.05) is 12.6 Å². The largest absolute Gasteiger partial charge is 0.374 e. The van der Waals surface area contributed by atoms with Gasteiger partial charge in [0.15, 0.2) is 0 Å². The third-order valence-corrected chi connectivity index (χ3v) is 5.39. The smallest absolute Gasteiger partial charge is 0.0810 e. The maximum absolute atomic E-state index is 6.16. The van der Waals surface area contributed by atoms with E-state index in [1.807, 2.05) is 0 Å². The molecule has 0 radical (unpaired) electrons. The lowest BCUT2D eigenvalue weighted by Crippen LogP contribution is -2.54. The lowest BCUT2D eigenvalue weighted by Gasteiger charge is -2.42. The first kappa shape index (κ1) is 15.3. The predicted molar refractivity (Wildman–Crippen MR) is 81.4 cm³/mol. The molecule has 1 heterocycles. The third kappa shape index (κ3) is 3.72. The second-order valence-electron chi connectivity index (χ2n) is 6.90. The Morgan fingerprint density at radius 2 is 2.11 bits per heavy atom. The normalized spacial score (nSPS) is 37.4. The highest BCUT2D eigenvalue weighted by Crippen LogP contribution is 2.40. The van der Waals surface area contributed by atoms with Crippen molar-refractivity contribution in [2.24, 2.45) is 11.8 Å². The average molecular weight is 267 g/mol. The Hall–Kier alpha value is -0.0800.